The first-order valence-corrected chi connectivity index (χ1v) is 11.7. The van der Waals surface area contributed by atoms with Gasteiger partial charge in [0.2, 0.25) is 0 Å². The quantitative estimate of drug-likeness (QED) is 0.720. The van der Waals surface area contributed by atoms with Crippen LogP contribution in [0.3, 0.4) is 0 Å². The molecule has 1 N–H and O–H groups in total. The molecule has 0 unspecified atom stereocenters. The molecular formula is C22H42N4O. The van der Waals surface area contributed by atoms with Crippen LogP contribution in [0, 0.1) is 11.8 Å². The molecule has 0 atom stereocenters. The highest BCUT2D eigenvalue weighted by Crippen LogP contribution is 2.24. The molecule has 2 aliphatic heterocycles. The first-order valence-electron chi connectivity index (χ1n) is 11.7. The molecule has 2 saturated heterocycles. The number of urea groups is 1. The van der Waals surface area contributed by atoms with E-state index in [2.05, 4.69) is 22.0 Å². The third-order valence-electron chi connectivity index (χ3n) is 6.92. The molecule has 3 rings (SSSR count). The van der Waals surface area contributed by atoms with Gasteiger partial charge in [0.15, 0.2) is 0 Å². The maximum Gasteiger partial charge on any atom is 0.317 e. The van der Waals surface area contributed by atoms with Crippen LogP contribution >= 0.6 is 0 Å². The van der Waals surface area contributed by atoms with Crippen molar-refractivity contribution in [2.24, 2.45) is 11.8 Å². The Balaban J connectivity index is 1.28. The van der Waals surface area contributed by atoms with Crippen LogP contribution < -0.4 is 5.32 Å². The van der Waals surface area contributed by atoms with Crippen molar-refractivity contribution in [3.63, 3.8) is 0 Å². The zero-order chi connectivity index (χ0) is 18.9. The Kier molecular flexibility index (Phi) is 8.72. The summed E-state index contributed by atoms with van der Waals surface area (Å²) in [6, 6.07) is 0.154. The lowest BCUT2D eigenvalue weighted by Crippen LogP contribution is -2.43. The molecule has 0 aromatic heterocycles. The number of hydrogen-bond donors (Lipinski definition) is 1. The van der Waals surface area contributed by atoms with E-state index >= 15 is 0 Å². The van der Waals surface area contributed by atoms with E-state index in [-0.39, 0.29) is 6.03 Å². The molecule has 3 aliphatic rings. The summed E-state index contributed by atoms with van der Waals surface area (Å²) in [4.78, 5) is 19.7. The number of piperidine rings is 1. The number of nitrogens with zero attached hydrogens (tertiary/aromatic N) is 3. The van der Waals surface area contributed by atoms with Gasteiger partial charge in [-0.25, -0.2) is 4.79 Å². The van der Waals surface area contributed by atoms with E-state index < -0.39 is 0 Å². The molecule has 1 saturated carbocycles. The second-order valence-electron chi connectivity index (χ2n) is 9.25. The van der Waals surface area contributed by atoms with Gasteiger partial charge in [0.25, 0.3) is 0 Å². The number of hydrogen-bond acceptors (Lipinski definition) is 3. The van der Waals surface area contributed by atoms with E-state index in [1.54, 1.807) is 0 Å². The summed E-state index contributed by atoms with van der Waals surface area (Å²) in [5, 5.41) is 3.17. The number of nitrogens with one attached hydrogen (secondary N) is 1. The lowest BCUT2D eigenvalue weighted by Gasteiger charge is -2.30. The van der Waals surface area contributed by atoms with E-state index in [4.69, 9.17) is 0 Å². The molecular weight excluding hydrogens is 336 g/mol. The van der Waals surface area contributed by atoms with Crippen molar-refractivity contribution in [3.8, 4) is 0 Å². The minimum atomic E-state index is 0.154. The summed E-state index contributed by atoms with van der Waals surface area (Å²) in [5.74, 6) is 1.79. The van der Waals surface area contributed by atoms with Crippen molar-refractivity contribution in [2.45, 2.75) is 64.7 Å². The van der Waals surface area contributed by atoms with E-state index in [9.17, 15) is 4.79 Å². The molecule has 0 aromatic rings. The normalized spacial score (nSPS) is 24.7. The van der Waals surface area contributed by atoms with Crippen molar-refractivity contribution in [1.82, 2.24) is 20.0 Å². The van der Waals surface area contributed by atoms with E-state index in [0.717, 1.165) is 63.9 Å². The molecule has 0 spiro atoms. The van der Waals surface area contributed by atoms with Gasteiger partial charge < -0.3 is 20.0 Å². The van der Waals surface area contributed by atoms with Crippen molar-refractivity contribution in [2.75, 3.05) is 58.9 Å². The average molecular weight is 379 g/mol. The first-order chi connectivity index (χ1) is 13.2. The Morgan fingerprint density at radius 1 is 0.852 bits per heavy atom. The molecule has 0 aromatic carbocycles. The zero-order valence-electron chi connectivity index (χ0n) is 17.6. The van der Waals surface area contributed by atoms with Gasteiger partial charge in [-0.05, 0) is 76.5 Å². The molecule has 3 fully saturated rings. The van der Waals surface area contributed by atoms with Crippen molar-refractivity contribution in [1.29, 1.82) is 0 Å². The Bertz CT molecular complexity index is 430. The number of carbonyl (C=O) groups excluding carboxylic acids is 1. The van der Waals surface area contributed by atoms with Crippen LogP contribution in [-0.4, -0.2) is 79.6 Å². The monoisotopic (exact) mass is 378 g/mol. The Morgan fingerprint density at radius 2 is 1.63 bits per heavy atom. The largest absolute Gasteiger partial charge is 0.338 e. The average Bonchev–Trinajstić information content (AvgIpc) is 2.93. The smallest absolute Gasteiger partial charge is 0.317 e. The summed E-state index contributed by atoms with van der Waals surface area (Å²) in [5.41, 5.74) is 0. The van der Waals surface area contributed by atoms with Gasteiger partial charge in [-0.1, -0.05) is 26.2 Å². The highest BCUT2D eigenvalue weighted by molar-refractivity contribution is 5.74. The van der Waals surface area contributed by atoms with E-state index in [1.165, 1.54) is 64.6 Å². The molecule has 27 heavy (non-hydrogen) atoms. The highest BCUT2D eigenvalue weighted by atomic mass is 16.2. The number of rotatable bonds is 6. The molecule has 1 aliphatic carbocycles. The molecule has 0 bridgehead atoms. The first kappa shape index (κ1) is 20.9. The van der Waals surface area contributed by atoms with Crippen LogP contribution in [0.15, 0.2) is 0 Å². The minimum Gasteiger partial charge on any atom is -0.338 e. The summed E-state index contributed by atoms with van der Waals surface area (Å²) >= 11 is 0. The van der Waals surface area contributed by atoms with Crippen LogP contribution in [0.4, 0.5) is 4.79 Å². The van der Waals surface area contributed by atoms with E-state index in [1.807, 2.05) is 4.90 Å². The molecule has 156 valence electrons. The highest BCUT2D eigenvalue weighted by Gasteiger charge is 2.22. The third kappa shape index (κ3) is 7.26. The summed E-state index contributed by atoms with van der Waals surface area (Å²) in [6.45, 7) is 12.0. The predicted molar refractivity (Wildman–Crippen MR) is 112 cm³/mol. The number of amides is 2. The summed E-state index contributed by atoms with van der Waals surface area (Å²) < 4.78 is 0. The summed E-state index contributed by atoms with van der Waals surface area (Å²) in [6.07, 6.45) is 11.9. The standard InChI is InChI=1S/C22H42N4O/c1-20-9-15-24(16-10-20)12-5-11-23-22(27)26-14-6-13-25(17-18-26)19-21-7-3-2-4-8-21/h20-21H,2-19H2,1H3,(H,23,27). The maximum absolute atomic E-state index is 12.5. The lowest BCUT2D eigenvalue weighted by molar-refractivity contribution is 0.183. The van der Waals surface area contributed by atoms with Gasteiger partial charge in [0.1, 0.15) is 0 Å². The molecule has 5 heteroatoms. The SMILES string of the molecule is CC1CCN(CCCNC(=O)N2CCCN(CC3CCCCC3)CC2)CC1. The van der Waals surface area contributed by atoms with Crippen molar-refractivity contribution >= 4 is 6.03 Å². The fourth-order valence-electron chi connectivity index (χ4n) is 4.99. The van der Waals surface area contributed by atoms with E-state index in [0.29, 0.717) is 0 Å². The zero-order valence-corrected chi connectivity index (χ0v) is 17.6. The lowest BCUT2D eigenvalue weighted by atomic mass is 9.89. The molecule has 2 heterocycles. The maximum atomic E-state index is 12.5. The van der Waals surface area contributed by atoms with Gasteiger partial charge in [-0.2, -0.15) is 0 Å². The Hall–Kier alpha value is -0.810. The van der Waals surface area contributed by atoms with Gasteiger partial charge in [-0.3, -0.25) is 0 Å². The fourth-order valence-corrected chi connectivity index (χ4v) is 4.99. The van der Waals surface area contributed by atoms with Crippen LogP contribution in [0.2, 0.25) is 0 Å². The van der Waals surface area contributed by atoms with Crippen LogP contribution in [0.25, 0.3) is 0 Å². The van der Waals surface area contributed by atoms with Crippen molar-refractivity contribution in [3.05, 3.63) is 0 Å². The van der Waals surface area contributed by atoms with Gasteiger partial charge in [-0.15, -0.1) is 0 Å². The fraction of sp³-hybridized carbons (Fsp3) is 0.955. The van der Waals surface area contributed by atoms with Crippen molar-refractivity contribution < 1.29 is 4.79 Å². The topological polar surface area (TPSA) is 38.8 Å². The van der Waals surface area contributed by atoms with Gasteiger partial charge in [0, 0.05) is 32.7 Å². The Labute approximate surface area is 166 Å². The number of carbonyl (C=O) groups is 1. The Morgan fingerprint density at radius 3 is 2.41 bits per heavy atom. The molecule has 5 nitrogen and oxygen atoms in total. The predicted octanol–water partition coefficient (Wildman–Crippen LogP) is 3.41. The second kappa shape index (κ2) is 11.3. The second-order valence-corrected chi connectivity index (χ2v) is 9.25. The number of likely N-dealkylation sites (tertiary alicyclic amines) is 1. The third-order valence-corrected chi connectivity index (χ3v) is 6.92. The molecule has 2 amide bonds. The summed E-state index contributed by atoms with van der Waals surface area (Å²) in [7, 11) is 0. The molecule has 0 radical (unpaired) electrons. The van der Waals surface area contributed by atoms with Gasteiger partial charge >= 0.3 is 6.03 Å². The van der Waals surface area contributed by atoms with Gasteiger partial charge in [0.05, 0.1) is 0 Å². The minimum absolute atomic E-state index is 0.154. The van der Waals surface area contributed by atoms with Crippen LogP contribution in [0.5, 0.6) is 0 Å². The van der Waals surface area contributed by atoms with Crippen LogP contribution in [0.1, 0.15) is 64.7 Å². The van der Waals surface area contributed by atoms with Crippen LogP contribution in [-0.2, 0) is 0 Å².